The maximum absolute atomic E-state index is 8.75. The van der Waals surface area contributed by atoms with Crippen LogP contribution in [0.3, 0.4) is 0 Å². The van der Waals surface area contributed by atoms with Crippen molar-refractivity contribution in [3.05, 3.63) is 29.7 Å². The molecule has 102 valence electrons. The van der Waals surface area contributed by atoms with Crippen LogP contribution in [0.5, 0.6) is 0 Å². The topological polar surface area (TPSA) is 87.6 Å². The number of nitriles is 1. The van der Waals surface area contributed by atoms with Gasteiger partial charge in [-0.05, 0) is 31.5 Å². The van der Waals surface area contributed by atoms with Gasteiger partial charge in [-0.25, -0.2) is 4.98 Å². The fraction of sp³-hybridized carbons (Fsp3) is 0.429. The minimum absolute atomic E-state index is 0.161. The normalized spacial score (nSPS) is 19.2. The van der Waals surface area contributed by atoms with E-state index in [1.165, 1.54) is 25.5 Å². The molecule has 3 heterocycles. The Bertz CT molecular complexity index is 605. The van der Waals surface area contributed by atoms with E-state index in [-0.39, 0.29) is 6.04 Å². The third kappa shape index (κ3) is 2.68. The molecule has 2 aromatic heterocycles. The maximum Gasteiger partial charge on any atom is 0.276 e. The molecule has 1 fully saturated rings. The molecule has 6 nitrogen and oxygen atoms in total. The van der Waals surface area contributed by atoms with E-state index in [9.17, 15) is 0 Å². The van der Waals surface area contributed by atoms with Crippen LogP contribution < -0.4 is 5.32 Å². The summed E-state index contributed by atoms with van der Waals surface area (Å²) in [6.45, 7) is 0.990. The Balaban J connectivity index is 1.80. The molecule has 1 atom stereocenters. The van der Waals surface area contributed by atoms with E-state index in [2.05, 4.69) is 20.4 Å². The van der Waals surface area contributed by atoms with Crippen LogP contribution in [0.1, 0.15) is 43.1 Å². The van der Waals surface area contributed by atoms with Gasteiger partial charge in [0.15, 0.2) is 5.82 Å². The number of aromatic nitrogens is 3. The van der Waals surface area contributed by atoms with Gasteiger partial charge in [0.05, 0.1) is 11.6 Å². The van der Waals surface area contributed by atoms with Crippen molar-refractivity contribution in [2.24, 2.45) is 0 Å². The number of hydrogen-bond donors (Lipinski definition) is 1. The summed E-state index contributed by atoms with van der Waals surface area (Å²) < 4.78 is 5.27. The van der Waals surface area contributed by atoms with E-state index >= 15 is 0 Å². The van der Waals surface area contributed by atoms with Crippen molar-refractivity contribution in [3.63, 3.8) is 0 Å². The average molecular weight is 269 g/mol. The second-order valence-corrected chi connectivity index (χ2v) is 4.86. The van der Waals surface area contributed by atoms with Gasteiger partial charge in [0.1, 0.15) is 11.8 Å². The van der Waals surface area contributed by atoms with Gasteiger partial charge in [0, 0.05) is 6.20 Å². The molecule has 0 bridgehead atoms. The summed E-state index contributed by atoms with van der Waals surface area (Å²) in [4.78, 5) is 8.57. The molecule has 1 unspecified atom stereocenters. The van der Waals surface area contributed by atoms with Gasteiger partial charge in [0.2, 0.25) is 0 Å². The van der Waals surface area contributed by atoms with Gasteiger partial charge in [0.25, 0.3) is 5.89 Å². The largest absolute Gasteiger partial charge is 0.332 e. The number of nitrogens with one attached hydrogen (secondary N) is 1. The van der Waals surface area contributed by atoms with Crippen molar-refractivity contribution in [1.29, 1.82) is 5.26 Å². The van der Waals surface area contributed by atoms with Crippen LogP contribution in [0.25, 0.3) is 11.6 Å². The summed E-state index contributed by atoms with van der Waals surface area (Å²) >= 11 is 0. The molecule has 3 rings (SSSR count). The second kappa shape index (κ2) is 5.80. The highest BCUT2D eigenvalue weighted by Gasteiger charge is 2.20. The highest BCUT2D eigenvalue weighted by atomic mass is 16.5. The van der Waals surface area contributed by atoms with Crippen LogP contribution in [0.4, 0.5) is 0 Å². The number of hydrogen-bond acceptors (Lipinski definition) is 6. The lowest BCUT2D eigenvalue weighted by atomic mass is 10.1. The monoisotopic (exact) mass is 269 g/mol. The fourth-order valence-corrected chi connectivity index (χ4v) is 2.32. The zero-order valence-corrected chi connectivity index (χ0v) is 11.0. The molecule has 1 aliphatic rings. The lowest BCUT2D eigenvalue weighted by Gasteiger charge is -2.09. The Morgan fingerprint density at radius 3 is 3.05 bits per heavy atom. The van der Waals surface area contributed by atoms with Crippen LogP contribution in [-0.4, -0.2) is 21.7 Å². The molecule has 20 heavy (non-hydrogen) atoms. The molecule has 2 aromatic rings. The van der Waals surface area contributed by atoms with E-state index in [1.807, 2.05) is 6.07 Å². The molecule has 0 amide bonds. The predicted molar refractivity (Wildman–Crippen MR) is 71.5 cm³/mol. The van der Waals surface area contributed by atoms with Crippen molar-refractivity contribution in [3.8, 4) is 17.7 Å². The van der Waals surface area contributed by atoms with Gasteiger partial charge in [-0.1, -0.05) is 18.0 Å². The van der Waals surface area contributed by atoms with Crippen LogP contribution in [0, 0.1) is 11.3 Å². The molecule has 1 N–H and O–H groups in total. The third-order valence-electron chi connectivity index (χ3n) is 3.43. The van der Waals surface area contributed by atoms with Crippen molar-refractivity contribution < 1.29 is 4.52 Å². The first-order valence-electron chi connectivity index (χ1n) is 6.80. The quantitative estimate of drug-likeness (QED) is 0.899. The number of nitrogens with zero attached hydrogens (tertiary/aromatic N) is 4. The molecule has 0 saturated carbocycles. The third-order valence-corrected chi connectivity index (χ3v) is 3.43. The first-order chi connectivity index (χ1) is 9.86. The van der Waals surface area contributed by atoms with Crippen LogP contribution in [0.2, 0.25) is 0 Å². The van der Waals surface area contributed by atoms with Crippen molar-refractivity contribution in [2.75, 3.05) is 6.54 Å². The van der Waals surface area contributed by atoms with Gasteiger partial charge < -0.3 is 9.84 Å². The molecular formula is C14H15N5O. The maximum atomic E-state index is 8.75. The summed E-state index contributed by atoms with van der Waals surface area (Å²) in [5, 5.41) is 16.2. The van der Waals surface area contributed by atoms with Crippen molar-refractivity contribution in [1.82, 2.24) is 20.4 Å². The van der Waals surface area contributed by atoms with Crippen LogP contribution in [0.15, 0.2) is 22.9 Å². The Labute approximate surface area is 116 Å². The van der Waals surface area contributed by atoms with Gasteiger partial charge >= 0.3 is 0 Å². The minimum atomic E-state index is 0.161. The summed E-state index contributed by atoms with van der Waals surface area (Å²) in [6.07, 6.45) is 6.14. The van der Waals surface area contributed by atoms with Crippen molar-refractivity contribution in [2.45, 2.75) is 31.7 Å². The summed E-state index contributed by atoms with van der Waals surface area (Å²) in [7, 11) is 0. The van der Waals surface area contributed by atoms with Crippen LogP contribution in [-0.2, 0) is 0 Å². The fourth-order valence-electron chi connectivity index (χ4n) is 2.32. The molecule has 0 spiro atoms. The van der Waals surface area contributed by atoms with Crippen molar-refractivity contribution >= 4 is 0 Å². The lowest BCUT2D eigenvalue weighted by molar-refractivity contribution is 0.401. The van der Waals surface area contributed by atoms with Gasteiger partial charge in [-0.3, -0.25) is 0 Å². The van der Waals surface area contributed by atoms with E-state index in [1.54, 1.807) is 12.1 Å². The second-order valence-electron chi connectivity index (χ2n) is 4.86. The van der Waals surface area contributed by atoms with Gasteiger partial charge in [-0.2, -0.15) is 10.2 Å². The molecule has 1 aliphatic heterocycles. The minimum Gasteiger partial charge on any atom is -0.332 e. The molecule has 0 radical (unpaired) electrons. The predicted octanol–water partition coefficient (Wildman–Crippen LogP) is 2.21. The van der Waals surface area contributed by atoms with E-state index in [0.29, 0.717) is 23.0 Å². The Kier molecular flexibility index (Phi) is 3.70. The zero-order chi connectivity index (χ0) is 13.8. The number of pyridine rings is 1. The lowest BCUT2D eigenvalue weighted by Crippen LogP contribution is -2.21. The summed E-state index contributed by atoms with van der Waals surface area (Å²) in [5.41, 5.74) is 1.11. The molecule has 0 aromatic carbocycles. The Morgan fingerprint density at radius 1 is 1.30 bits per heavy atom. The summed E-state index contributed by atoms with van der Waals surface area (Å²) in [5.74, 6) is 1.09. The highest BCUT2D eigenvalue weighted by molar-refractivity contribution is 5.47. The highest BCUT2D eigenvalue weighted by Crippen LogP contribution is 2.23. The average Bonchev–Trinajstić information content (AvgIpc) is 2.83. The van der Waals surface area contributed by atoms with Crippen LogP contribution >= 0.6 is 0 Å². The van der Waals surface area contributed by atoms with E-state index in [4.69, 9.17) is 9.78 Å². The zero-order valence-electron chi connectivity index (χ0n) is 11.0. The molecular weight excluding hydrogens is 254 g/mol. The number of rotatable bonds is 2. The smallest absolute Gasteiger partial charge is 0.276 e. The molecule has 6 heteroatoms. The van der Waals surface area contributed by atoms with E-state index in [0.717, 1.165) is 13.0 Å². The first-order valence-corrected chi connectivity index (χ1v) is 6.80. The summed E-state index contributed by atoms with van der Waals surface area (Å²) in [6, 6.07) is 5.60. The standard InChI is InChI=1S/C14H15N5O/c15-8-10-5-6-12(17-9-10)14-18-13(19-20-14)11-4-2-1-3-7-16-11/h5-6,9,11,16H,1-4,7H2. The molecule has 1 saturated heterocycles. The first kappa shape index (κ1) is 12.8. The Hall–Kier alpha value is -2.26. The van der Waals surface area contributed by atoms with E-state index < -0.39 is 0 Å². The van der Waals surface area contributed by atoms with Gasteiger partial charge in [-0.15, -0.1) is 0 Å². The molecule has 0 aliphatic carbocycles. The Morgan fingerprint density at radius 2 is 2.25 bits per heavy atom. The SMILES string of the molecule is N#Cc1ccc(-c2nc(C3CCCCCN3)no2)nc1.